The van der Waals surface area contributed by atoms with Gasteiger partial charge in [0.2, 0.25) is 5.88 Å². The van der Waals surface area contributed by atoms with Gasteiger partial charge in [0, 0.05) is 24.1 Å². The van der Waals surface area contributed by atoms with Gasteiger partial charge < -0.3 is 10.5 Å². The Balaban J connectivity index is 1.94. The summed E-state index contributed by atoms with van der Waals surface area (Å²) >= 11 is 0. The monoisotopic (exact) mass is 252 g/mol. The van der Waals surface area contributed by atoms with Crippen LogP contribution in [-0.2, 0) is 0 Å². The van der Waals surface area contributed by atoms with Gasteiger partial charge in [-0.15, -0.1) is 0 Å². The van der Waals surface area contributed by atoms with Gasteiger partial charge in [0.25, 0.3) is 0 Å². The molecule has 0 aliphatic heterocycles. The van der Waals surface area contributed by atoms with Gasteiger partial charge in [-0.05, 0) is 36.8 Å². The van der Waals surface area contributed by atoms with Crippen molar-refractivity contribution in [3.8, 4) is 11.6 Å². The number of nitrogen functional groups attached to an aromatic ring is 1. The molecule has 0 saturated carbocycles. The molecule has 0 radical (unpaired) electrons. The van der Waals surface area contributed by atoms with Crippen LogP contribution in [0.1, 0.15) is 5.56 Å². The van der Waals surface area contributed by atoms with E-state index in [0.717, 1.165) is 16.8 Å². The van der Waals surface area contributed by atoms with Crippen LogP contribution in [0.15, 0.2) is 42.7 Å². The lowest BCUT2D eigenvalue weighted by molar-refractivity contribution is 0.464. The molecule has 0 spiro atoms. The van der Waals surface area contributed by atoms with Gasteiger partial charge in [0.05, 0.1) is 0 Å². The van der Waals surface area contributed by atoms with Crippen LogP contribution in [0.25, 0.3) is 11.2 Å². The molecule has 2 N–H and O–H groups in total. The van der Waals surface area contributed by atoms with Crippen LogP contribution in [0.4, 0.5) is 5.69 Å². The average Bonchev–Trinajstić information content (AvgIpc) is 2.43. The number of pyridine rings is 1. The summed E-state index contributed by atoms with van der Waals surface area (Å²) in [4.78, 5) is 12.6. The van der Waals surface area contributed by atoms with Crippen LogP contribution in [-0.4, -0.2) is 15.0 Å². The van der Waals surface area contributed by atoms with Crippen LogP contribution in [0.5, 0.6) is 11.6 Å². The number of aromatic nitrogens is 3. The molecule has 94 valence electrons. The van der Waals surface area contributed by atoms with Gasteiger partial charge >= 0.3 is 0 Å². The summed E-state index contributed by atoms with van der Waals surface area (Å²) in [7, 11) is 0. The Morgan fingerprint density at radius 3 is 2.74 bits per heavy atom. The number of anilines is 1. The zero-order valence-corrected chi connectivity index (χ0v) is 10.4. The molecule has 0 atom stereocenters. The van der Waals surface area contributed by atoms with E-state index in [0.29, 0.717) is 17.3 Å². The number of nitrogens with zero attached hydrogens (tertiary/aromatic N) is 3. The van der Waals surface area contributed by atoms with Crippen molar-refractivity contribution < 1.29 is 4.74 Å². The molecule has 1 aromatic carbocycles. The summed E-state index contributed by atoms with van der Waals surface area (Å²) in [6.45, 7) is 1.93. The van der Waals surface area contributed by atoms with E-state index in [1.165, 1.54) is 0 Å². The second-order valence-electron chi connectivity index (χ2n) is 4.17. The van der Waals surface area contributed by atoms with Crippen molar-refractivity contribution in [1.29, 1.82) is 0 Å². The summed E-state index contributed by atoms with van der Waals surface area (Å²) < 4.78 is 5.69. The highest BCUT2D eigenvalue weighted by Crippen LogP contribution is 2.24. The number of rotatable bonds is 2. The fraction of sp³-hybridized carbons (Fsp3) is 0.0714. The van der Waals surface area contributed by atoms with Gasteiger partial charge in [-0.3, -0.25) is 4.98 Å². The van der Waals surface area contributed by atoms with E-state index in [4.69, 9.17) is 10.5 Å². The second-order valence-corrected chi connectivity index (χ2v) is 4.17. The summed E-state index contributed by atoms with van der Waals surface area (Å²) in [5.74, 6) is 1.18. The summed E-state index contributed by atoms with van der Waals surface area (Å²) in [6, 6.07) is 9.09. The van der Waals surface area contributed by atoms with Crippen molar-refractivity contribution in [1.82, 2.24) is 15.0 Å². The average molecular weight is 252 g/mol. The van der Waals surface area contributed by atoms with Gasteiger partial charge in [-0.1, -0.05) is 0 Å². The number of hydrogen-bond acceptors (Lipinski definition) is 5. The molecule has 19 heavy (non-hydrogen) atoms. The normalized spacial score (nSPS) is 10.6. The maximum Gasteiger partial charge on any atom is 0.221 e. The minimum absolute atomic E-state index is 0.483. The Hall–Kier alpha value is -2.69. The molecule has 0 aliphatic rings. The first-order valence-electron chi connectivity index (χ1n) is 5.84. The lowest BCUT2D eigenvalue weighted by atomic mass is 10.2. The number of benzene rings is 1. The molecule has 0 saturated heterocycles. The molecular weight excluding hydrogens is 240 g/mol. The summed E-state index contributed by atoms with van der Waals surface area (Å²) in [5.41, 5.74) is 8.78. The maximum absolute atomic E-state index is 5.77. The molecule has 0 fully saturated rings. The molecule has 5 nitrogen and oxygen atoms in total. The highest BCUT2D eigenvalue weighted by atomic mass is 16.5. The van der Waals surface area contributed by atoms with Crippen molar-refractivity contribution in [2.45, 2.75) is 6.92 Å². The third kappa shape index (κ3) is 2.30. The molecule has 0 bridgehead atoms. The van der Waals surface area contributed by atoms with Gasteiger partial charge in [-0.2, -0.15) is 4.98 Å². The van der Waals surface area contributed by atoms with E-state index < -0.39 is 0 Å². The number of fused-ring (bicyclic) bond motifs is 1. The number of ether oxygens (including phenoxy) is 1. The Kier molecular flexibility index (Phi) is 2.72. The van der Waals surface area contributed by atoms with Crippen molar-refractivity contribution in [3.05, 3.63) is 48.3 Å². The Labute approximate surface area is 110 Å². The lowest BCUT2D eigenvalue weighted by Gasteiger charge is -2.07. The third-order valence-electron chi connectivity index (χ3n) is 2.77. The molecular formula is C14H12N4O. The number of aryl methyl sites for hydroxylation is 1. The molecule has 3 rings (SSSR count). The molecule has 5 heteroatoms. The summed E-state index contributed by atoms with van der Waals surface area (Å²) in [6.07, 6.45) is 3.24. The number of hydrogen-bond donors (Lipinski definition) is 1. The van der Waals surface area contributed by atoms with E-state index in [2.05, 4.69) is 15.0 Å². The fourth-order valence-corrected chi connectivity index (χ4v) is 1.73. The Morgan fingerprint density at radius 1 is 1.05 bits per heavy atom. The Bertz CT molecular complexity index is 742. The highest BCUT2D eigenvalue weighted by Gasteiger charge is 2.03. The largest absolute Gasteiger partial charge is 0.439 e. The van der Waals surface area contributed by atoms with E-state index in [-0.39, 0.29) is 0 Å². The van der Waals surface area contributed by atoms with Gasteiger partial charge in [0.15, 0.2) is 5.65 Å². The van der Waals surface area contributed by atoms with Crippen molar-refractivity contribution >= 4 is 16.9 Å². The van der Waals surface area contributed by atoms with E-state index in [9.17, 15) is 0 Å². The quantitative estimate of drug-likeness (QED) is 0.710. The van der Waals surface area contributed by atoms with E-state index in [1.54, 1.807) is 18.5 Å². The summed E-state index contributed by atoms with van der Waals surface area (Å²) in [5, 5.41) is 0. The molecule has 2 heterocycles. The van der Waals surface area contributed by atoms with Gasteiger partial charge in [0.1, 0.15) is 11.3 Å². The smallest absolute Gasteiger partial charge is 0.221 e. The predicted octanol–water partition coefficient (Wildman–Crippen LogP) is 2.71. The second kappa shape index (κ2) is 4.53. The standard InChI is InChI=1S/C14H12N4O/c1-9-8-10(2-3-11(9)15)19-13-5-4-12-14(18-13)17-7-6-16-12/h2-8H,15H2,1H3. The minimum atomic E-state index is 0.483. The zero-order valence-electron chi connectivity index (χ0n) is 10.4. The molecule has 3 aromatic rings. The van der Waals surface area contributed by atoms with Crippen LogP contribution < -0.4 is 10.5 Å². The van der Waals surface area contributed by atoms with Crippen molar-refractivity contribution in [3.63, 3.8) is 0 Å². The number of nitrogens with two attached hydrogens (primary N) is 1. The minimum Gasteiger partial charge on any atom is -0.439 e. The van der Waals surface area contributed by atoms with Gasteiger partial charge in [-0.25, -0.2) is 4.98 Å². The predicted molar refractivity (Wildman–Crippen MR) is 73.0 cm³/mol. The Morgan fingerprint density at radius 2 is 1.89 bits per heavy atom. The maximum atomic E-state index is 5.77. The van der Waals surface area contributed by atoms with E-state index in [1.807, 2.05) is 31.2 Å². The van der Waals surface area contributed by atoms with Crippen molar-refractivity contribution in [2.24, 2.45) is 0 Å². The molecule has 0 amide bonds. The lowest BCUT2D eigenvalue weighted by Crippen LogP contribution is -1.93. The van der Waals surface area contributed by atoms with Crippen molar-refractivity contribution in [2.75, 3.05) is 5.73 Å². The molecule has 0 aliphatic carbocycles. The van der Waals surface area contributed by atoms with Crippen LogP contribution in [0.2, 0.25) is 0 Å². The van der Waals surface area contributed by atoms with E-state index >= 15 is 0 Å². The molecule has 0 unspecified atom stereocenters. The van der Waals surface area contributed by atoms with Crippen LogP contribution in [0.3, 0.4) is 0 Å². The topological polar surface area (TPSA) is 73.9 Å². The highest BCUT2D eigenvalue weighted by molar-refractivity contribution is 5.69. The van der Waals surface area contributed by atoms with Crippen LogP contribution >= 0.6 is 0 Å². The zero-order chi connectivity index (χ0) is 13.2. The first-order valence-corrected chi connectivity index (χ1v) is 5.84. The third-order valence-corrected chi connectivity index (χ3v) is 2.77. The first kappa shape index (κ1) is 11.4. The molecule has 2 aromatic heterocycles. The fourth-order valence-electron chi connectivity index (χ4n) is 1.73. The SMILES string of the molecule is Cc1cc(Oc2ccc3nccnc3n2)ccc1N. The first-order chi connectivity index (χ1) is 9.22. The van der Waals surface area contributed by atoms with Crippen LogP contribution in [0, 0.1) is 6.92 Å².